The highest BCUT2D eigenvalue weighted by atomic mass is 16.3. The van der Waals surface area contributed by atoms with Gasteiger partial charge in [-0.3, -0.25) is 0 Å². The summed E-state index contributed by atoms with van der Waals surface area (Å²) in [6.07, 6.45) is 0. The second-order valence-electron chi connectivity index (χ2n) is 7.64. The van der Waals surface area contributed by atoms with E-state index in [1.54, 1.807) is 12.1 Å². The summed E-state index contributed by atoms with van der Waals surface area (Å²) in [5.74, 6) is 1.65. The lowest BCUT2D eigenvalue weighted by molar-refractivity contribution is 0.669. The number of para-hydroxylation sites is 2. The van der Waals surface area contributed by atoms with Crippen molar-refractivity contribution in [2.24, 2.45) is 0 Å². The molecule has 2 heterocycles. The Morgan fingerprint density at radius 2 is 1.21 bits per heavy atom. The highest BCUT2D eigenvalue weighted by Crippen LogP contribution is 2.35. The molecule has 0 saturated heterocycles. The van der Waals surface area contributed by atoms with Gasteiger partial charge in [0, 0.05) is 21.9 Å². The van der Waals surface area contributed by atoms with Crippen LogP contribution in [-0.2, 0) is 0 Å². The molecule has 2 aromatic heterocycles. The SMILES string of the molecule is N#Cc1ccc(-c2nc(-c3ccccc3)nc(-c3cccc4c3oc3ccccc34)n2)cc1. The molecule has 0 aliphatic heterocycles. The second kappa shape index (κ2) is 7.70. The van der Waals surface area contributed by atoms with E-state index in [1.165, 1.54) is 0 Å². The first-order chi connectivity index (χ1) is 16.3. The average molecular weight is 424 g/mol. The average Bonchev–Trinajstić information content (AvgIpc) is 3.28. The van der Waals surface area contributed by atoms with Crippen LogP contribution in [0.25, 0.3) is 56.1 Å². The van der Waals surface area contributed by atoms with Crippen molar-refractivity contribution in [1.29, 1.82) is 5.26 Å². The molecule has 6 rings (SSSR count). The fourth-order valence-corrected chi connectivity index (χ4v) is 3.96. The minimum Gasteiger partial charge on any atom is -0.455 e. The molecule has 4 aromatic carbocycles. The van der Waals surface area contributed by atoms with Crippen LogP contribution in [-0.4, -0.2) is 15.0 Å². The largest absolute Gasteiger partial charge is 0.455 e. The highest BCUT2D eigenvalue weighted by Gasteiger charge is 2.17. The Kier molecular flexibility index (Phi) is 4.41. The third kappa shape index (κ3) is 3.31. The third-order valence-corrected chi connectivity index (χ3v) is 5.58. The molecule has 0 saturated carbocycles. The van der Waals surface area contributed by atoms with Gasteiger partial charge in [0.1, 0.15) is 11.2 Å². The van der Waals surface area contributed by atoms with Gasteiger partial charge >= 0.3 is 0 Å². The van der Waals surface area contributed by atoms with Crippen LogP contribution in [0.5, 0.6) is 0 Å². The van der Waals surface area contributed by atoms with E-state index in [1.807, 2.05) is 78.9 Å². The Morgan fingerprint density at radius 3 is 1.97 bits per heavy atom. The van der Waals surface area contributed by atoms with Gasteiger partial charge in [-0.25, -0.2) is 15.0 Å². The molecular formula is C28H16N4O. The Morgan fingerprint density at radius 1 is 0.576 bits per heavy atom. The maximum absolute atomic E-state index is 9.14. The van der Waals surface area contributed by atoms with Crippen molar-refractivity contribution in [3.8, 4) is 40.2 Å². The van der Waals surface area contributed by atoms with Gasteiger partial charge in [-0.2, -0.15) is 5.26 Å². The first-order valence-corrected chi connectivity index (χ1v) is 10.5. The summed E-state index contributed by atoms with van der Waals surface area (Å²) in [7, 11) is 0. The van der Waals surface area contributed by atoms with E-state index >= 15 is 0 Å². The molecule has 0 fully saturated rings. The maximum atomic E-state index is 9.14. The van der Waals surface area contributed by atoms with E-state index in [-0.39, 0.29) is 0 Å². The first-order valence-electron chi connectivity index (χ1n) is 10.5. The molecule has 0 unspecified atom stereocenters. The number of aromatic nitrogens is 3. The lowest BCUT2D eigenvalue weighted by atomic mass is 10.1. The van der Waals surface area contributed by atoms with Gasteiger partial charge in [-0.05, 0) is 36.4 Å². The Balaban J connectivity index is 1.61. The lowest BCUT2D eigenvalue weighted by Crippen LogP contribution is -2.00. The number of benzene rings is 4. The molecular weight excluding hydrogens is 408 g/mol. The molecule has 5 heteroatoms. The van der Waals surface area contributed by atoms with Crippen LogP contribution >= 0.6 is 0 Å². The van der Waals surface area contributed by atoms with Crippen LogP contribution in [0.1, 0.15) is 5.56 Å². The van der Waals surface area contributed by atoms with Crippen LogP contribution in [0, 0.1) is 11.3 Å². The summed E-state index contributed by atoms with van der Waals surface area (Å²) in [5.41, 5.74) is 4.67. The molecule has 0 aliphatic carbocycles. The summed E-state index contributed by atoms with van der Waals surface area (Å²) in [6, 6.07) is 33.2. The molecule has 33 heavy (non-hydrogen) atoms. The van der Waals surface area contributed by atoms with Gasteiger partial charge < -0.3 is 4.42 Å². The van der Waals surface area contributed by atoms with Crippen molar-refractivity contribution in [2.75, 3.05) is 0 Å². The molecule has 0 radical (unpaired) electrons. The molecule has 0 aliphatic rings. The number of hydrogen-bond donors (Lipinski definition) is 0. The van der Waals surface area contributed by atoms with Crippen molar-refractivity contribution < 1.29 is 4.42 Å². The van der Waals surface area contributed by atoms with Crippen molar-refractivity contribution in [2.45, 2.75) is 0 Å². The highest BCUT2D eigenvalue weighted by molar-refractivity contribution is 6.09. The van der Waals surface area contributed by atoms with Crippen molar-refractivity contribution in [3.63, 3.8) is 0 Å². The van der Waals surface area contributed by atoms with Gasteiger partial charge in [-0.1, -0.05) is 60.7 Å². The summed E-state index contributed by atoms with van der Waals surface area (Å²) < 4.78 is 6.22. The molecule has 0 bridgehead atoms. The van der Waals surface area contributed by atoms with Gasteiger partial charge in [0.05, 0.1) is 17.2 Å². The molecule has 0 N–H and O–H groups in total. The Hall–Kier alpha value is -4.82. The number of hydrogen-bond acceptors (Lipinski definition) is 5. The van der Waals surface area contributed by atoms with Crippen LogP contribution in [0.3, 0.4) is 0 Å². The predicted molar refractivity (Wildman–Crippen MR) is 128 cm³/mol. The monoisotopic (exact) mass is 424 g/mol. The zero-order valence-corrected chi connectivity index (χ0v) is 17.4. The molecule has 154 valence electrons. The third-order valence-electron chi connectivity index (χ3n) is 5.58. The van der Waals surface area contributed by atoms with Gasteiger partial charge in [0.25, 0.3) is 0 Å². The predicted octanol–water partition coefficient (Wildman–Crippen LogP) is 6.64. The van der Waals surface area contributed by atoms with Crippen molar-refractivity contribution in [3.05, 3.63) is 103 Å². The minimum atomic E-state index is 0.535. The fourth-order valence-electron chi connectivity index (χ4n) is 3.96. The standard InChI is InChI=1S/C28H16N4O/c29-17-18-13-15-20(16-14-18)27-30-26(19-7-2-1-3-8-19)31-28(32-27)23-11-6-10-22-21-9-4-5-12-24(21)33-25(22)23/h1-16H. The van der Waals surface area contributed by atoms with E-state index in [0.29, 0.717) is 23.0 Å². The normalized spacial score (nSPS) is 11.0. The number of nitrogens with zero attached hydrogens (tertiary/aromatic N) is 4. The molecule has 0 atom stereocenters. The van der Waals surface area contributed by atoms with Gasteiger partial charge in [0.15, 0.2) is 17.5 Å². The lowest BCUT2D eigenvalue weighted by Gasteiger charge is -2.08. The molecule has 5 nitrogen and oxygen atoms in total. The quantitative estimate of drug-likeness (QED) is 0.318. The van der Waals surface area contributed by atoms with E-state index < -0.39 is 0 Å². The summed E-state index contributed by atoms with van der Waals surface area (Å²) in [5, 5.41) is 11.2. The summed E-state index contributed by atoms with van der Waals surface area (Å²) in [6.45, 7) is 0. The zero-order valence-electron chi connectivity index (χ0n) is 17.4. The molecule has 0 spiro atoms. The minimum absolute atomic E-state index is 0.535. The van der Waals surface area contributed by atoms with Crippen LogP contribution in [0.4, 0.5) is 0 Å². The zero-order chi connectivity index (χ0) is 22.2. The van der Waals surface area contributed by atoms with Gasteiger partial charge in [-0.15, -0.1) is 0 Å². The number of fused-ring (bicyclic) bond motifs is 3. The summed E-state index contributed by atoms with van der Waals surface area (Å²) >= 11 is 0. The van der Waals surface area contributed by atoms with Crippen LogP contribution < -0.4 is 0 Å². The van der Waals surface area contributed by atoms with E-state index in [9.17, 15) is 0 Å². The van der Waals surface area contributed by atoms with E-state index in [4.69, 9.17) is 24.6 Å². The van der Waals surface area contributed by atoms with Crippen LogP contribution in [0.2, 0.25) is 0 Å². The number of rotatable bonds is 3. The van der Waals surface area contributed by atoms with Crippen molar-refractivity contribution >= 4 is 21.9 Å². The summed E-state index contributed by atoms with van der Waals surface area (Å²) in [4.78, 5) is 14.4. The maximum Gasteiger partial charge on any atom is 0.167 e. The van der Waals surface area contributed by atoms with E-state index in [0.717, 1.165) is 38.6 Å². The van der Waals surface area contributed by atoms with Gasteiger partial charge in [0.2, 0.25) is 0 Å². The second-order valence-corrected chi connectivity index (χ2v) is 7.64. The number of furan rings is 1. The number of nitriles is 1. The molecule has 6 aromatic rings. The smallest absolute Gasteiger partial charge is 0.167 e. The van der Waals surface area contributed by atoms with E-state index in [2.05, 4.69) is 12.1 Å². The first kappa shape index (κ1) is 18.9. The topological polar surface area (TPSA) is 75.6 Å². The van der Waals surface area contributed by atoms with Crippen LogP contribution in [0.15, 0.2) is 101 Å². The van der Waals surface area contributed by atoms with Crippen molar-refractivity contribution in [1.82, 2.24) is 15.0 Å². The fraction of sp³-hybridized carbons (Fsp3) is 0. The Bertz CT molecular complexity index is 1660. The molecule has 0 amide bonds. The Labute approximate surface area is 189 Å².